The predicted octanol–water partition coefficient (Wildman–Crippen LogP) is 4.94. The fourth-order valence-electron chi connectivity index (χ4n) is 3.24. The van der Waals surface area contributed by atoms with Crippen LogP contribution in [0.25, 0.3) is 11.3 Å². The molecule has 7 nitrogen and oxygen atoms in total. The number of hydrogen-bond acceptors (Lipinski definition) is 6. The van der Waals surface area contributed by atoms with Crippen molar-refractivity contribution in [3.05, 3.63) is 78.9 Å². The third kappa shape index (κ3) is 4.97. The van der Waals surface area contributed by atoms with Gasteiger partial charge in [-0.15, -0.1) is 0 Å². The third-order valence-electron chi connectivity index (χ3n) is 4.80. The first-order valence-electron chi connectivity index (χ1n) is 9.96. The molecule has 2 heterocycles. The van der Waals surface area contributed by atoms with Crippen LogP contribution in [0.2, 0.25) is 0 Å². The molecule has 0 aliphatic heterocycles. The van der Waals surface area contributed by atoms with Gasteiger partial charge in [-0.1, -0.05) is 42.1 Å². The zero-order chi connectivity index (χ0) is 22.3. The topological polar surface area (TPSA) is 78.5 Å². The lowest BCUT2D eigenvalue weighted by Gasteiger charge is -2.12. The molecule has 1 N–H and O–H groups in total. The van der Waals surface area contributed by atoms with E-state index in [2.05, 4.69) is 14.9 Å². The van der Waals surface area contributed by atoms with Crippen molar-refractivity contribution in [1.82, 2.24) is 9.55 Å². The van der Waals surface area contributed by atoms with E-state index < -0.39 is 0 Å². The number of benzene rings is 2. The first-order chi connectivity index (χ1) is 15.7. The Morgan fingerprint density at radius 2 is 1.94 bits per heavy atom. The summed E-state index contributed by atoms with van der Waals surface area (Å²) in [7, 11) is 3.13. The van der Waals surface area contributed by atoms with Crippen LogP contribution in [0, 0.1) is 0 Å². The molecule has 8 heteroatoms. The highest BCUT2D eigenvalue weighted by atomic mass is 32.2. The molecule has 1 amide bonds. The van der Waals surface area contributed by atoms with Gasteiger partial charge in [-0.05, 0) is 29.8 Å². The number of aromatic nitrogens is 2. The number of nitrogens with zero attached hydrogens (tertiary/aromatic N) is 2. The molecule has 4 rings (SSSR count). The van der Waals surface area contributed by atoms with Gasteiger partial charge in [0.15, 0.2) is 5.16 Å². The lowest BCUT2D eigenvalue weighted by atomic mass is 10.2. The number of carbonyl (C=O) groups excluding carboxylic acids is 1. The van der Waals surface area contributed by atoms with Crippen LogP contribution in [-0.2, 0) is 11.3 Å². The van der Waals surface area contributed by atoms with Crippen molar-refractivity contribution in [2.24, 2.45) is 0 Å². The zero-order valence-corrected chi connectivity index (χ0v) is 18.6. The van der Waals surface area contributed by atoms with Gasteiger partial charge in [0.05, 0.1) is 50.4 Å². The molecule has 32 heavy (non-hydrogen) atoms. The average Bonchev–Trinajstić information content (AvgIpc) is 3.49. The number of ether oxygens (including phenoxy) is 2. The number of hydrogen-bond donors (Lipinski definition) is 1. The summed E-state index contributed by atoms with van der Waals surface area (Å²) in [5.74, 6) is 2.04. The van der Waals surface area contributed by atoms with Crippen molar-refractivity contribution < 1.29 is 18.7 Å². The predicted molar refractivity (Wildman–Crippen MR) is 124 cm³/mol. The highest BCUT2D eigenvalue weighted by Crippen LogP contribution is 2.30. The highest BCUT2D eigenvalue weighted by molar-refractivity contribution is 7.99. The van der Waals surface area contributed by atoms with Gasteiger partial charge >= 0.3 is 0 Å². The second kappa shape index (κ2) is 10.1. The van der Waals surface area contributed by atoms with E-state index in [0.717, 1.165) is 22.2 Å². The van der Waals surface area contributed by atoms with Gasteiger partial charge in [-0.2, -0.15) is 0 Å². The molecule has 0 spiro atoms. The number of rotatable bonds is 9. The van der Waals surface area contributed by atoms with Crippen molar-refractivity contribution in [1.29, 1.82) is 0 Å². The van der Waals surface area contributed by atoms with Crippen molar-refractivity contribution in [3.63, 3.8) is 0 Å². The number of amides is 1. The Morgan fingerprint density at radius 3 is 2.66 bits per heavy atom. The normalized spacial score (nSPS) is 10.7. The summed E-state index contributed by atoms with van der Waals surface area (Å²) in [5, 5.41) is 3.62. The van der Waals surface area contributed by atoms with Crippen LogP contribution in [0.5, 0.6) is 11.5 Å². The van der Waals surface area contributed by atoms with Crippen molar-refractivity contribution in [3.8, 4) is 22.8 Å². The second-order valence-electron chi connectivity index (χ2n) is 6.86. The maximum absolute atomic E-state index is 12.6. The maximum Gasteiger partial charge on any atom is 0.234 e. The number of nitrogens with one attached hydrogen (secondary N) is 1. The van der Waals surface area contributed by atoms with E-state index in [0.29, 0.717) is 23.7 Å². The van der Waals surface area contributed by atoms with Crippen LogP contribution in [0.1, 0.15) is 5.76 Å². The van der Waals surface area contributed by atoms with E-state index in [4.69, 9.17) is 13.9 Å². The minimum absolute atomic E-state index is 0.160. The van der Waals surface area contributed by atoms with Crippen LogP contribution < -0.4 is 14.8 Å². The summed E-state index contributed by atoms with van der Waals surface area (Å²) < 4.78 is 18.2. The Balaban J connectivity index is 1.50. The van der Waals surface area contributed by atoms with Crippen LogP contribution in [0.3, 0.4) is 0 Å². The van der Waals surface area contributed by atoms with Crippen molar-refractivity contribution in [2.45, 2.75) is 11.7 Å². The molecule has 0 aliphatic carbocycles. The molecule has 0 fully saturated rings. The molecular formula is C24H23N3O4S. The quantitative estimate of drug-likeness (QED) is 0.365. The Bertz CT molecular complexity index is 1170. The van der Waals surface area contributed by atoms with Crippen molar-refractivity contribution in [2.75, 3.05) is 25.3 Å². The molecule has 0 saturated carbocycles. The number of imidazole rings is 1. The average molecular weight is 450 g/mol. The van der Waals surface area contributed by atoms with Gasteiger partial charge in [-0.3, -0.25) is 4.79 Å². The van der Waals surface area contributed by atoms with Crippen LogP contribution in [0.15, 0.2) is 82.7 Å². The van der Waals surface area contributed by atoms with Gasteiger partial charge in [0.2, 0.25) is 5.91 Å². The fraction of sp³-hybridized carbons (Fsp3) is 0.167. The van der Waals surface area contributed by atoms with Gasteiger partial charge < -0.3 is 23.8 Å². The summed E-state index contributed by atoms with van der Waals surface area (Å²) >= 11 is 1.37. The Hall–Kier alpha value is -3.65. The molecule has 0 radical (unpaired) electrons. The Kier molecular flexibility index (Phi) is 6.81. The fourth-order valence-corrected chi connectivity index (χ4v) is 4.02. The smallest absolute Gasteiger partial charge is 0.234 e. The second-order valence-corrected chi connectivity index (χ2v) is 7.80. The van der Waals surface area contributed by atoms with E-state index in [-0.39, 0.29) is 11.7 Å². The van der Waals surface area contributed by atoms with Crippen LogP contribution in [0.4, 0.5) is 5.69 Å². The minimum atomic E-state index is -0.160. The standard InChI is InChI=1S/C24H23N3O4S/c1-29-18-10-11-20(22(13-18)30-2)26-23(28)16-32-24-25-14-21(17-7-4-3-5-8-17)27(24)15-19-9-6-12-31-19/h3-14H,15-16H2,1-2H3,(H,26,28). The summed E-state index contributed by atoms with van der Waals surface area (Å²) in [6, 6.07) is 19.1. The molecule has 2 aromatic carbocycles. The Labute approximate surface area is 190 Å². The Morgan fingerprint density at radius 1 is 1.09 bits per heavy atom. The third-order valence-corrected chi connectivity index (χ3v) is 5.79. The number of anilines is 1. The van der Waals surface area contributed by atoms with E-state index in [1.54, 1.807) is 38.7 Å². The van der Waals surface area contributed by atoms with Gasteiger partial charge in [0.1, 0.15) is 17.3 Å². The van der Waals surface area contributed by atoms with E-state index in [1.807, 2.05) is 48.7 Å². The highest BCUT2D eigenvalue weighted by Gasteiger charge is 2.16. The van der Waals surface area contributed by atoms with Crippen molar-refractivity contribution >= 4 is 23.4 Å². The van der Waals surface area contributed by atoms with Gasteiger partial charge in [0, 0.05) is 6.07 Å². The summed E-state index contributed by atoms with van der Waals surface area (Å²) in [5.41, 5.74) is 2.59. The van der Waals surface area contributed by atoms with E-state index in [9.17, 15) is 4.79 Å². The molecule has 0 atom stereocenters. The monoisotopic (exact) mass is 449 g/mol. The summed E-state index contributed by atoms with van der Waals surface area (Å²) in [4.78, 5) is 17.2. The maximum atomic E-state index is 12.6. The number of carbonyl (C=O) groups is 1. The number of thioether (sulfide) groups is 1. The molecule has 2 aromatic heterocycles. The first kappa shape index (κ1) is 21.6. The first-order valence-corrected chi connectivity index (χ1v) is 10.9. The molecule has 4 aromatic rings. The summed E-state index contributed by atoms with van der Waals surface area (Å²) in [6.07, 6.45) is 3.47. The lowest BCUT2D eigenvalue weighted by Crippen LogP contribution is -2.15. The molecule has 0 bridgehead atoms. The number of furan rings is 1. The van der Waals surface area contributed by atoms with Gasteiger partial charge in [-0.25, -0.2) is 4.98 Å². The lowest BCUT2D eigenvalue weighted by molar-refractivity contribution is -0.113. The van der Waals surface area contributed by atoms with Crippen LogP contribution >= 0.6 is 11.8 Å². The van der Waals surface area contributed by atoms with E-state index in [1.165, 1.54) is 11.8 Å². The SMILES string of the molecule is COc1ccc(NC(=O)CSc2ncc(-c3ccccc3)n2Cc2ccco2)c(OC)c1. The zero-order valence-electron chi connectivity index (χ0n) is 17.8. The number of methoxy groups -OCH3 is 2. The minimum Gasteiger partial charge on any atom is -0.497 e. The molecule has 0 saturated heterocycles. The molecule has 0 aliphatic rings. The molecular weight excluding hydrogens is 426 g/mol. The molecule has 164 valence electrons. The van der Waals surface area contributed by atoms with Crippen LogP contribution in [-0.4, -0.2) is 35.4 Å². The molecule has 0 unspecified atom stereocenters. The van der Waals surface area contributed by atoms with Gasteiger partial charge in [0.25, 0.3) is 0 Å². The summed E-state index contributed by atoms with van der Waals surface area (Å²) in [6.45, 7) is 0.521. The van der Waals surface area contributed by atoms with E-state index >= 15 is 0 Å². The largest absolute Gasteiger partial charge is 0.497 e.